The van der Waals surface area contributed by atoms with Gasteiger partial charge in [-0.05, 0) is 43.9 Å². The van der Waals surface area contributed by atoms with Crippen LogP contribution in [-0.2, 0) is 0 Å². The standard InChI is InChI=1S/C20H26N6O2/c1-13(19-25-24-14(2)28-19)26-10-4-7-20(3,12-26)11-23-18(27)17-15-5-8-21-16(15)6-9-22-17/h5-6,8-9,13,21H,4,7,10-12H2,1-3H3,(H,23,27). The summed E-state index contributed by atoms with van der Waals surface area (Å²) in [6.45, 7) is 8.55. The quantitative estimate of drug-likeness (QED) is 0.704. The minimum absolute atomic E-state index is 0.0245. The van der Waals surface area contributed by atoms with Gasteiger partial charge in [0, 0.05) is 43.3 Å². The number of rotatable bonds is 5. The number of likely N-dealkylation sites (tertiary alicyclic amines) is 1. The number of aromatic nitrogens is 4. The first-order valence-corrected chi connectivity index (χ1v) is 9.69. The number of fused-ring (bicyclic) bond motifs is 1. The zero-order valence-corrected chi connectivity index (χ0v) is 16.5. The number of carbonyl (C=O) groups is 1. The average molecular weight is 382 g/mol. The van der Waals surface area contributed by atoms with Crippen LogP contribution in [0.1, 0.15) is 55.0 Å². The van der Waals surface area contributed by atoms with E-state index in [1.165, 1.54) is 0 Å². The van der Waals surface area contributed by atoms with Crippen LogP contribution in [0.4, 0.5) is 0 Å². The number of carbonyl (C=O) groups excluding carboxylic acids is 1. The van der Waals surface area contributed by atoms with Crippen molar-refractivity contribution < 1.29 is 9.21 Å². The highest BCUT2D eigenvalue weighted by molar-refractivity contribution is 6.04. The fraction of sp³-hybridized carbons (Fsp3) is 0.500. The molecule has 3 aromatic rings. The highest BCUT2D eigenvalue weighted by atomic mass is 16.4. The van der Waals surface area contributed by atoms with Crippen LogP contribution >= 0.6 is 0 Å². The van der Waals surface area contributed by atoms with E-state index in [-0.39, 0.29) is 17.4 Å². The Morgan fingerprint density at radius 3 is 3.07 bits per heavy atom. The lowest BCUT2D eigenvalue weighted by atomic mass is 9.81. The zero-order chi connectivity index (χ0) is 19.7. The second kappa shape index (κ2) is 7.35. The number of H-pyrrole nitrogens is 1. The van der Waals surface area contributed by atoms with Crippen LogP contribution in [0, 0.1) is 12.3 Å². The van der Waals surface area contributed by atoms with Gasteiger partial charge in [0.1, 0.15) is 5.69 Å². The van der Waals surface area contributed by atoms with E-state index in [1.54, 1.807) is 13.1 Å². The van der Waals surface area contributed by atoms with Gasteiger partial charge in [0.15, 0.2) is 0 Å². The molecule has 1 fully saturated rings. The Morgan fingerprint density at radius 1 is 1.43 bits per heavy atom. The van der Waals surface area contributed by atoms with Crippen LogP contribution in [0.3, 0.4) is 0 Å². The summed E-state index contributed by atoms with van der Waals surface area (Å²) in [7, 11) is 0. The van der Waals surface area contributed by atoms with E-state index >= 15 is 0 Å². The Morgan fingerprint density at radius 2 is 2.29 bits per heavy atom. The molecule has 4 heterocycles. The summed E-state index contributed by atoms with van der Waals surface area (Å²) in [6, 6.07) is 3.81. The van der Waals surface area contributed by atoms with Crippen LogP contribution in [0.5, 0.6) is 0 Å². The summed E-state index contributed by atoms with van der Waals surface area (Å²) >= 11 is 0. The molecular formula is C20H26N6O2. The molecule has 8 nitrogen and oxygen atoms in total. The van der Waals surface area contributed by atoms with Crippen LogP contribution in [0.15, 0.2) is 28.9 Å². The van der Waals surface area contributed by atoms with Gasteiger partial charge in [0.05, 0.1) is 6.04 Å². The van der Waals surface area contributed by atoms with Crippen molar-refractivity contribution >= 4 is 16.8 Å². The molecule has 28 heavy (non-hydrogen) atoms. The van der Waals surface area contributed by atoms with E-state index < -0.39 is 0 Å². The van der Waals surface area contributed by atoms with Crippen molar-refractivity contribution in [1.29, 1.82) is 0 Å². The summed E-state index contributed by atoms with van der Waals surface area (Å²) in [4.78, 5) is 22.5. The van der Waals surface area contributed by atoms with Crippen LogP contribution < -0.4 is 5.32 Å². The molecule has 4 rings (SSSR count). The fourth-order valence-electron chi connectivity index (χ4n) is 4.01. The van der Waals surface area contributed by atoms with Gasteiger partial charge < -0.3 is 14.7 Å². The van der Waals surface area contributed by atoms with Crippen molar-refractivity contribution in [2.75, 3.05) is 19.6 Å². The molecule has 0 saturated carbocycles. The maximum absolute atomic E-state index is 12.7. The molecule has 1 aliphatic rings. The number of pyridine rings is 1. The normalized spacial score (nSPS) is 21.7. The van der Waals surface area contributed by atoms with Crippen LogP contribution in [-0.4, -0.2) is 50.6 Å². The number of piperidine rings is 1. The molecule has 0 radical (unpaired) electrons. The maximum atomic E-state index is 12.7. The number of hydrogen-bond donors (Lipinski definition) is 2. The molecule has 2 N–H and O–H groups in total. The van der Waals surface area contributed by atoms with Gasteiger partial charge >= 0.3 is 0 Å². The summed E-state index contributed by atoms with van der Waals surface area (Å²) in [5.41, 5.74) is 1.35. The molecule has 1 aliphatic heterocycles. The van der Waals surface area contributed by atoms with E-state index in [2.05, 4.69) is 44.2 Å². The third kappa shape index (κ3) is 3.64. The van der Waals surface area contributed by atoms with Gasteiger partial charge in [0.2, 0.25) is 11.8 Å². The van der Waals surface area contributed by atoms with E-state index in [4.69, 9.17) is 4.42 Å². The second-order valence-corrected chi connectivity index (χ2v) is 8.00. The zero-order valence-electron chi connectivity index (χ0n) is 16.5. The predicted octanol–water partition coefficient (Wildman–Crippen LogP) is 2.85. The van der Waals surface area contributed by atoms with Gasteiger partial charge in [-0.3, -0.25) is 14.7 Å². The van der Waals surface area contributed by atoms with Crippen LogP contribution in [0.25, 0.3) is 10.9 Å². The SMILES string of the molecule is Cc1nnc(C(C)N2CCCC(C)(CNC(=O)c3nccc4[nH]ccc34)C2)o1. The summed E-state index contributed by atoms with van der Waals surface area (Å²) in [5.74, 6) is 1.10. The summed E-state index contributed by atoms with van der Waals surface area (Å²) < 4.78 is 5.61. The number of nitrogens with zero attached hydrogens (tertiary/aromatic N) is 4. The molecule has 0 aromatic carbocycles. The van der Waals surface area contributed by atoms with Crippen molar-refractivity contribution in [2.45, 2.75) is 39.7 Å². The van der Waals surface area contributed by atoms with E-state index in [0.29, 0.717) is 24.0 Å². The minimum atomic E-state index is -0.135. The van der Waals surface area contributed by atoms with Gasteiger partial charge in [-0.1, -0.05) is 6.92 Å². The van der Waals surface area contributed by atoms with Gasteiger partial charge in [-0.15, -0.1) is 10.2 Å². The first kappa shape index (κ1) is 18.6. The lowest BCUT2D eigenvalue weighted by molar-refractivity contribution is 0.0588. The third-order valence-electron chi connectivity index (χ3n) is 5.63. The molecule has 148 valence electrons. The molecule has 1 amide bonds. The van der Waals surface area contributed by atoms with Gasteiger partial charge in [-0.2, -0.15) is 0 Å². The number of aromatic amines is 1. The minimum Gasteiger partial charge on any atom is -0.424 e. The highest BCUT2D eigenvalue weighted by Gasteiger charge is 2.35. The Bertz CT molecular complexity index is 980. The van der Waals surface area contributed by atoms with Crippen molar-refractivity contribution in [1.82, 2.24) is 30.4 Å². The predicted molar refractivity (Wildman–Crippen MR) is 105 cm³/mol. The number of aryl methyl sites for hydroxylation is 1. The largest absolute Gasteiger partial charge is 0.424 e. The van der Waals surface area contributed by atoms with E-state index in [1.807, 2.05) is 18.3 Å². The smallest absolute Gasteiger partial charge is 0.270 e. The first-order chi connectivity index (χ1) is 13.5. The number of amides is 1. The average Bonchev–Trinajstić information content (AvgIpc) is 3.34. The monoisotopic (exact) mass is 382 g/mol. The molecular weight excluding hydrogens is 356 g/mol. The molecule has 3 aromatic heterocycles. The van der Waals surface area contributed by atoms with E-state index in [0.717, 1.165) is 36.8 Å². The lowest BCUT2D eigenvalue weighted by Crippen LogP contribution is -2.48. The lowest BCUT2D eigenvalue weighted by Gasteiger charge is -2.42. The van der Waals surface area contributed by atoms with Crippen LogP contribution in [0.2, 0.25) is 0 Å². The molecule has 0 bridgehead atoms. The van der Waals surface area contributed by atoms with E-state index in [9.17, 15) is 4.79 Å². The molecule has 8 heteroatoms. The Kier molecular flexibility index (Phi) is 4.89. The molecule has 0 spiro atoms. The molecule has 0 aliphatic carbocycles. The number of hydrogen-bond acceptors (Lipinski definition) is 6. The second-order valence-electron chi connectivity index (χ2n) is 8.00. The highest BCUT2D eigenvalue weighted by Crippen LogP contribution is 2.33. The van der Waals surface area contributed by atoms with Crippen molar-refractivity contribution in [3.8, 4) is 0 Å². The van der Waals surface area contributed by atoms with Crippen molar-refractivity contribution in [3.05, 3.63) is 42.0 Å². The third-order valence-corrected chi connectivity index (χ3v) is 5.63. The fourth-order valence-corrected chi connectivity index (χ4v) is 4.01. The summed E-state index contributed by atoms with van der Waals surface area (Å²) in [6.07, 6.45) is 5.60. The Hall–Kier alpha value is -2.74. The molecule has 2 unspecified atom stereocenters. The van der Waals surface area contributed by atoms with Crippen molar-refractivity contribution in [3.63, 3.8) is 0 Å². The molecule has 1 saturated heterocycles. The molecule has 2 atom stereocenters. The first-order valence-electron chi connectivity index (χ1n) is 9.69. The Balaban J connectivity index is 1.42. The Labute approximate surface area is 163 Å². The van der Waals surface area contributed by atoms with Crippen molar-refractivity contribution in [2.24, 2.45) is 5.41 Å². The summed E-state index contributed by atoms with van der Waals surface area (Å²) in [5, 5.41) is 12.1. The van der Waals surface area contributed by atoms with Gasteiger partial charge in [0.25, 0.3) is 5.91 Å². The van der Waals surface area contributed by atoms with Gasteiger partial charge in [-0.25, -0.2) is 0 Å². The maximum Gasteiger partial charge on any atom is 0.270 e. The topological polar surface area (TPSA) is 99.9 Å². The number of nitrogens with one attached hydrogen (secondary N) is 2.